The Morgan fingerprint density at radius 2 is 1.28 bits per heavy atom. The fourth-order valence-corrected chi connectivity index (χ4v) is 3.45. The Hall–Kier alpha value is -4.21. The number of nitrogens with zero attached hydrogens (tertiary/aromatic N) is 2. The molecule has 2 N–H and O–H groups in total. The second-order valence-electron chi connectivity index (χ2n) is 7.19. The summed E-state index contributed by atoms with van der Waals surface area (Å²) in [7, 11) is 1.64. The van der Waals surface area contributed by atoms with E-state index < -0.39 is 11.8 Å². The van der Waals surface area contributed by atoms with Gasteiger partial charge in [0.05, 0.1) is 5.56 Å². The van der Waals surface area contributed by atoms with Crippen molar-refractivity contribution >= 4 is 23.2 Å². The molecule has 0 atom stereocenters. The summed E-state index contributed by atoms with van der Waals surface area (Å²) in [6.07, 6.45) is 1.49. The number of fused-ring (bicyclic) bond motifs is 2. The average Bonchev–Trinajstić information content (AvgIpc) is 3.21. The van der Waals surface area contributed by atoms with Crippen LogP contribution >= 0.6 is 0 Å². The number of hydrogen-bond acceptors (Lipinski definition) is 7. The van der Waals surface area contributed by atoms with Crippen LogP contribution in [-0.2, 0) is 7.05 Å². The van der Waals surface area contributed by atoms with Crippen LogP contribution in [0.1, 0.15) is 20.8 Å². The summed E-state index contributed by atoms with van der Waals surface area (Å²) < 4.78 is 23.5. The van der Waals surface area contributed by atoms with E-state index in [9.17, 15) is 9.59 Å². The van der Waals surface area contributed by atoms with E-state index in [-0.39, 0.29) is 11.3 Å². The van der Waals surface area contributed by atoms with Gasteiger partial charge >= 0.3 is 0 Å². The van der Waals surface area contributed by atoms with E-state index in [0.717, 1.165) is 0 Å². The van der Waals surface area contributed by atoms with Gasteiger partial charge in [0, 0.05) is 36.8 Å². The van der Waals surface area contributed by atoms with E-state index in [1.807, 2.05) is 0 Å². The maximum atomic E-state index is 12.9. The number of carbonyl (C=O) groups is 2. The van der Waals surface area contributed by atoms with Crippen molar-refractivity contribution in [2.75, 3.05) is 37.1 Å². The molecule has 3 aromatic rings. The van der Waals surface area contributed by atoms with Gasteiger partial charge in [-0.25, -0.2) is 0 Å². The Morgan fingerprint density at radius 3 is 1.84 bits per heavy atom. The highest BCUT2D eigenvalue weighted by Gasteiger charge is 2.23. The van der Waals surface area contributed by atoms with Gasteiger partial charge in [-0.1, -0.05) is 0 Å². The Balaban J connectivity index is 1.34. The largest absolute Gasteiger partial charge is 0.486 e. The molecule has 0 fully saturated rings. The molecular formula is C22H20N4O6. The van der Waals surface area contributed by atoms with Gasteiger partial charge in [-0.3, -0.25) is 14.3 Å². The summed E-state index contributed by atoms with van der Waals surface area (Å²) in [5, 5.41) is 9.70. The molecule has 0 saturated heterocycles. The third-order valence-electron chi connectivity index (χ3n) is 4.89. The predicted octanol–water partition coefficient (Wildman–Crippen LogP) is 2.47. The molecule has 2 amide bonds. The summed E-state index contributed by atoms with van der Waals surface area (Å²) in [5.74, 6) is 1.35. The monoisotopic (exact) mass is 436 g/mol. The van der Waals surface area contributed by atoms with Gasteiger partial charge in [-0.2, -0.15) is 5.10 Å². The first-order valence-electron chi connectivity index (χ1n) is 10.0. The second-order valence-corrected chi connectivity index (χ2v) is 7.19. The minimum atomic E-state index is -0.519. The molecule has 0 radical (unpaired) electrons. The average molecular weight is 436 g/mol. The van der Waals surface area contributed by atoms with Crippen LogP contribution in [0.5, 0.6) is 23.0 Å². The molecule has 164 valence electrons. The van der Waals surface area contributed by atoms with Gasteiger partial charge in [0.2, 0.25) is 0 Å². The number of ether oxygens (including phenoxy) is 4. The van der Waals surface area contributed by atoms with Crippen molar-refractivity contribution in [3.63, 3.8) is 0 Å². The number of carbonyl (C=O) groups excluding carboxylic acids is 2. The van der Waals surface area contributed by atoms with Crippen molar-refractivity contribution < 1.29 is 28.5 Å². The molecule has 2 aliphatic rings. The van der Waals surface area contributed by atoms with Crippen molar-refractivity contribution in [2.45, 2.75) is 0 Å². The van der Waals surface area contributed by atoms with E-state index in [1.165, 1.54) is 10.9 Å². The zero-order valence-electron chi connectivity index (χ0n) is 17.2. The van der Waals surface area contributed by atoms with Crippen LogP contribution in [-0.4, -0.2) is 48.0 Å². The number of nitrogens with one attached hydrogen (secondary N) is 2. The highest BCUT2D eigenvalue weighted by atomic mass is 16.6. The fraction of sp³-hybridized carbons (Fsp3) is 0.227. The van der Waals surface area contributed by atoms with Crippen LogP contribution in [0.15, 0.2) is 42.6 Å². The van der Waals surface area contributed by atoms with E-state index in [4.69, 9.17) is 18.9 Å². The Morgan fingerprint density at radius 1 is 0.781 bits per heavy atom. The SMILES string of the molecule is Cn1cc(C(=O)Nc2ccc3c(c2)OCCO3)c(C(=O)Nc2ccc3c(c2)OCCO3)n1. The molecule has 2 aliphatic heterocycles. The molecule has 0 spiro atoms. The molecule has 10 nitrogen and oxygen atoms in total. The molecule has 32 heavy (non-hydrogen) atoms. The summed E-state index contributed by atoms with van der Waals surface area (Å²) in [4.78, 5) is 25.8. The van der Waals surface area contributed by atoms with Crippen molar-refractivity contribution in [2.24, 2.45) is 7.05 Å². The van der Waals surface area contributed by atoms with Gasteiger partial charge in [0.25, 0.3) is 11.8 Å². The normalized spacial score (nSPS) is 13.9. The predicted molar refractivity (Wildman–Crippen MR) is 114 cm³/mol. The van der Waals surface area contributed by atoms with Crippen molar-refractivity contribution in [3.8, 4) is 23.0 Å². The lowest BCUT2D eigenvalue weighted by atomic mass is 10.2. The number of aromatic nitrogens is 2. The maximum Gasteiger partial charge on any atom is 0.276 e. The first kappa shape index (κ1) is 19.7. The standard InChI is InChI=1S/C22H20N4O6/c1-26-12-15(21(27)23-13-2-4-16-18(10-13)31-8-6-29-16)20(25-26)22(28)24-14-3-5-17-19(11-14)32-9-7-30-17/h2-5,10-12H,6-9H2,1H3,(H,23,27)(H,24,28). The first-order chi connectivity index (χ1) is 15.6. The lowest BCUT2D eigenvalue weighted by Gasteiger charge is -2.19. The fourth-order valence-electron chi connectivity index (χ4n) is 3.45. The molecule has 1 aromatic heterocycles. The Labute approximate surface area is 183 Å². The van der Waals surface area contributed by atoms with Crippen molar-refractivity contribution in [1.82, 2.24) is 9.78 Å². The molecule has 0 bridgehead atoms. The van der Waals surface area contributed by atoms with Gasteiger partial charge < -0.3 is 29.6 Å². The van der Waals surface area contributed by atoms with Crippen molar-refractivity contribution in [1.29, 1.82) is 0 Å². The minimum absolute atomic E-state index is 0.00238. The van der Waals surface area contributed by atoms with Gasteiger partial charge in [0.15, 0.2) is 28.7 Å². The topological polar surface area (TPSA) is 113 Å². The quantitative estimate of drug-likeness (QED) is 0.646. The van der Waals surface area contributed by atoms with Crippen LogP contribution in [0, 0.1) is 0 Å². The Kier molecular flexibility index (Phi) is 5.02. The van der Waals surface area contributed by atoms with E-state index in [0.29, 0.717) is 60.8 Å². The third kappa shape index (κ3) is 3.89. The Bertz CT molecular complexity index is 1110. The summed E-state index contributed by atoms with van der Waals surface area (Å²) in [5.41, 5.74) is 1.15. The van der Waals surface area contributed by atoms with Gasteiger partial charge in [-0.05, 0) is 24.3 Å². The van der Waals surface area contributed by atoms with Crippen LogP contribution in [0.2, 0.25) is 0 Å². The van der Waals surface area contributed by atoms with Gasteiger partial charge in [0.1, 0.15) is 26.4 Å². The van der Waals surface area contributed by atoms with E-state index in [2.05, 4.69) is 15.7 Å². The summed E-state index contributed by atoms with van der Waals surface area (Å²) in [6, 6.07) is 10.2. The molecular weight excluding hydrogens is 416 g/mol. The molecule has 5 rings (SSSR count). The zero-order valence-corrected chi connectivity index (χ0v) is 17.2. The van der Waals surface area contributed by atoms with E-state index >= 15 is 0 Å². The van der Waals surface area contributed by atoms with Crippen molar-refractivity contribution in [3.05, 3.63) is 53.9 Å². The number of amides is 2. The van der Waals surface area contributed by atoms with Crippen LogP contribution < -0.4 is 29.6 Å². The number of benzene rings is 2. The van der Waals surface area contributed by atoms with E-state index in [1.54, 1.807) is 43.4 Å². The van der Waals surface area contributed by atoms with Crippen LogP contribution in [0.3, 0.4) is 0 Å². The molecule has 0 saturated carbocycles. The van der Waals surface area contributed by atoms with Crippen LogP contribution in [0.25, 0.3) is 0 Å². The lowest BCUT2D eigenvalue weighted by molar-refractivity contribution is 0.0988. The molecule has 0 aliphatic carbocycles. The number of hydrogen-bond donors (Lipinski definition) is 2. The number of anilines is 2. The highest BCUT2D eigenvalue weighted by Crippen LogP contribution is 2.34. The second kappa shape index (κ2) is 8.14. The molecule has 0 unspecified atom stereocenters. The number of rotatable bonds is 4. The first-order valence-corrected chi connectivity index (χ1v) is 10.0. The summed E-state index contributed by atoms with van der Waals surface area (Å²) >= 11 is 0. The maximum absolute atomic E-state index is 12.9. The summed E-state index contributed by atoms with van der Waals surface area (Å²) in [6.45, 7) is 1.84. The van der Waals surface area contributed by atoms with Crippen LogP contribution in [0.4, 0.5) is 11.4 Å². The molecule has 3 heterocycles. The third-order valence-corrected chi connectivity index (χ3v) is 4.89. The highest BCUT2D eigenvalue weighted by molar-refractivity contribution is 6.14. The molecule has 10 heteroatoms. The minimum Gasteiger partial charge on any atom is -0.486 e. The molecule has 2 aromatic carbocycles. The van der Waals surface area contributed by atoms with Gasteiger partial charge in [-0.15, -0.1) is 0 Å². The lowest BCUT2D eigenvalue weighted by Crippen LogP contribution is -2.20. The zero-order chi connectivity index (χ0) is 22.1. The number of aryl methyl sites for hydroxylation is 1. The smallest absolute Gasteiger partial charge is 0.276 e.